The maximum Gasteiger partial charge on any atom is 0.397 e. The van der Waals surface area contributed by atoms with Gasteiger partial charge < -0.3 is 19.9 Å². The largest absolute Gasteiger partial charge is 0.508 e. The van der Waals surface area contributed by atoms with E-state index in [2.05, 4.69) is 10.1 Å². The van der Waals surface area contributed by atoms with Crippen LogP contribution >= 0.6 is 0 Å². The standard InChI is InChI=1S/C17H17NO5/c1-3-22-17(21)16(20)18-12-4-6-13(7-5-12)23-14-8-9-15(19)11(2)10-14/h4-10,19H,3H2,1-2H3,(H,18,20). The van der Waals surface area contributed by atoms with Gasteiger partial charge in [0.25, 0.3) is 0 Å². The number of ether oxygens (including phenoxy) is 2. The first-order valence-electron chi connectivity index (χ1n) is 7.05. The van der Waals surface area contributed by atoms with Gasteiger partial charge in [-0.1, -0.05) is 0 Å². The van der Waals surface area contributed by atoms with Gasteiger partial charge in [-0.3, -0.25) is 4.79 Å². The van der Waals surface area contributed by atoms with Gasteiger partial charge in [0.2, 0.25) is 0 Å². The topological polar surface area (TPSA) is 84.9 Å². The molecule has 6 heteroatoms. The summed E-state index contributed by atoms with van der Waals surface area (Å²) in [4.78, 5) is 22.7. The molecule has 1 amide bonds. The van der Waals surface area contributed by atoms with Crippen molar-refractivity contribution in [2.45, 2.75) is 13.8 Å². The number of aryl methyl sites for hydroxylation is 1. The molecule has 0 heterocycles. The van der Waals surface area contributed by atoms with Crippen LogP contribution in [0.1, 0.15) is 12.5 Å². The highest BCUT2D eigenvalue weighted by Gasteiger charge is 2.14. The van der Waals surface area contributed by atoms with Gasteiger partial charge in [-0.15, -0.1) is 0 Å². The second-order valence-corrected chi connectivity index (χ2v) is 4.75. The zero-order chi connectivity index (χ0) is 16.8. The summed E-state index contributed by atoms with van der Waals surface area (Å²) in [5.41, 5.74) is 1.16. The third-order valence-electron chi connectivity index (χ3n) is 2.98. The van der Waals surface area contributed by atoms with E-state index in [0.717, 1.165) is 0 Å². The highest BCUT2D eigenvalue weighted by molar-refractivity contribution is 6.37. The van der Waals surface area contributed by atoms with Crippen molar-refractivity contribution in [1.82, 2.24) is 0 Å². The van der Waals surface area contributed by atoms with Crippen molar-refractivity contribution in [2.75, 3.05) is 11.9 Å². The molecule has 0 saturated heterocycles. The molecule has 0 aliphatic carbocycles. The molecule has 2 rings (SSSR count). The molecule has 0 saturated carbocycles. The molecule has 2 aromatic rings. The number of anilines is 1. The molecule has 0 aliphatic heterocycles. The highest BCUT2D eigenvalue weighted by Crippen LogP contribution is 2.27. The van der Waals surface area contributed by atoms with Gasteiger partial charge in [-0.2, -0.15) is 0 Å². The molecule has 0 aromatic heterocycles. The molecule has 2 aromatic carbocycles. The van der Waals surface area contributed by atoms with Crippen molar-refractivity contribution in [3.05, 3.63) is 48.0 Å². The number of hydrogen-bond acceptors (Lipinski definition) is 5. The maximum absolute atomic E-state index is 11.5. The van der Waals surface area contributed by atoms with Crippen molar-refractivity contribution < 1.29 is 24.2 Å². The van der Waals surface area contributed by atoms with E-state index in [4.69, 9.17) is 4.74 Å². The van der Waals surface area contributed by atoms with Crippen LogP contribution in [0.4, 0.5) is 5.69 Å². The molecule has 0 atom stereocenters. The van der Waals surface area contributed by atoms with Crippen LogP contribution in [-0.4, -0.2) is 23.6 Å². The Bertz CT molecular complexity index is 709. The number of rotatable bonds is 4. The smallest absolute Gasteiger partial charge is 0.397 e. The zero-order valence-corrected chi connectivity index (χ0v) is 12.8. The fraction of sp³-hybridized carbons (Fsp3) is 0.176. The first-order valence-corrected chi connectivity index (χ1v) is 7.05. The Morgan fingerprint density at radius 2 is 1.74 bits per heavy atom. The van der Waals surface area contributed by atoms with Crippen LogP contribution < -0.4 is 10.1 Å². The maximum atomic E-state index is 11.5. The Hall–Kier alpha value is -3.02. The predicted molar refractivity (Wildman–Crippen MR) is 84.6 cm³/mol. The number of phenolic OH excluding ortho intramolecular Hbond substituents is 1. The van der Waals surface area contributed by atoms with E-state index in [9.17, 15) is 14.7 Å². The van der Waals surface area contributed by atoms with Crippen LogP contribution in [0, 0.1) is 6.92 Å². The van der Waals surface area contributed by atoms with E-state index in [1.807, 2.05) is 0 Å². The number of esters is 1. The van der Waals surface area contributed by atoms with Crippen LogP contribution in [0.25, 0.3) is 0 Å². The molecule has 0 spiro atoms. The van der Waals surface area contributed by atoms with Crippen LogP contribution in [0.5, 0.6) is 17.2 Å². The number of carbonyl (C=O) groups is 2. The quantitative estimate of drug-likeness (QED) is 0.669. The fourth-order valence-electron chi connectivity index (χ4n) is 1.81. The number of hydrogen-bond donors (Lipinski definition) is 2. The lowest BCUT2D eigenvalue weighted by Gasteiger charge is -2.09. The Kier molecular flexibility index (Phi) is 5.19. The van der Waals surface area contributed by atoms with Crippen LogP contribution in [0.15, 0.2) is 42.5 Å². The van der Waals surface area contributed by atoms with Gasteiger partial charge in [-0.05, 0) is 61.9 Å². The lowest BCUT2D eigenvalue weighted by Crippen LogP contribution is -2.24. The van der Waals surface area contributed by atoms with Crippen LogP contribution in [-0.2, 0) is 14.3 Å². The molecule has 0 unspecified atom stereocenters. The zero-order valence-electron chi connectivity index (χ0n) is 12.8. The number of phenols is 1. The summed E-state index contributed by atoms with van der Waals surface area (Å²) in [7, 11) is 0. The molecule has 23 heavy (non-hydrogen) atoms. The monoisotopic (exact) mass is 315 g/mol. The van der Waals surface area contributed by atoms with Gasteiger partial charge in [0, 0.05) is 5.69 Å². The minimum absolute atomic E-state index is 0.144. The minimum atomic E-state index is -0.924. The first-order chi connectivity index (χ1) is 11.0. The van der Waals surface area contributed by atoms with E-state index in [1.54, 1.807) is 56.3 Å². The van der Waals surface area contributed by atoms with Gasteiger partial charge in [-0.25, -0.2) is 4.79 Å². The molecule has 120 valence electrons. The number of carbonyl (C=O) groups excluding carboxylic acids is 2. The molecular weight excluding hydrogens is 298 g/mol. The first kappa shape index (κ1) is 16.4. The summed E-state index contributed by atoms with van der Waals surface area (Å²) < 4.78 is 10.2. The van der Waals surface area contributed by atoms with Crippen LogP contribution in [0.2, 0.25) is 0 Å². The van der Waals surface area contributed by atoms with Crippen molar-refractivity contribution >= 4 is 17.6 Å². The van der Waals surface area contributed by atoms with Gasteiger partial charge in [0.15, 0.2) is 0 Å². The molecule has 0 bridgehead atoms. The third-order valence-corrected chi connectivity index (χ3v) is 2.98. The number of nitrogens with one attached hydrogen (secondary N) is 1. The van der Waals surface area contributed by atoms with E-state index >= 15 is 0 Å². The van der Waals surface area contributed by atoms with Crippen molar-refractivity contribution in [2.24, 2.45) is 0 Å². The lowest BCUT2D eigenvalue weighted by molar-refractivity contribution is -0.152. The van der Waals surface area contributed by atoms with Gasteiger partial charge in [0.1, 0.15) is 17.2 Å². The lowest BCUT2D eigenvalue weighted by atomic mass is 10.2. The van der Waals surface area contributed by atoms with Crippen molar-refractivity contribution in [3.63, 3.8) is 0 Å². The van der Waals surface area contributed by atoms with Gasteiger partial charge >= 0.3 is 11.9 Å². The normalized spacial score (nSPS) is 10.0. The van der Waals surface area contributed by atoms with E-state index in [0.29, 0.717) is 22.7 Å². The summed E-state index contributed by atoms with van der Waals surface area (Å²) in [6.07, 6.45) is 0. The summed E-state index contributed by atoms with van der Waals surface area (Å²) in [6.45, 7) is 3.55. The van der Waals surface area contributed by atoms with E-state index in [1.165, 1.54) is 0 Å². The summed E-state index contributed by atoms with van der Waals surface area (Å²) in [6, 6.07) is 11.5. The van der Waals surface area contributed by atoms with E-state index < -0.39 is 11.9 Å². The molecule has 0 radical (unpaired) electrons. The minimum Gasteiger partial charge on any atom is -0.508 e. The number of aromatic hydroxyl groups is 1. The summed E-state index contributed by atoms with van der Waals surface area (Å²) in [5.74, 6) is -0.399. The van der Waals surface area contributed by atoms with Crippen molar-refractivity contribution in [1.29, 1.82) is 0 Å². The Balaban J connectivity index is 2.00. The fourth-order valence-corrected chi connectivity index (χ4v) is 1.81. The molecule has 0 fully saturated rings. The molecular formula is C17H17NO5. The second-order valence-electron chi connectivity index (χ2n) is 4.75. The third kappa shape index (κ3) is 4.47. The highest BCUT2D eigenvalue weighted by atomic mass is 16.5. The summed E-state index contributed by atoms with van der Waals surface area (Å²) >= 11 is 0. The average molecular weight is 315 g/mol. The van der Waals surface area contributed by atoms with Gasteiger partial charge in [0.05, 0.1) is 6.61 Å². The Morgan fingerprint density at radius 3 is 2.35 bits per heavy atom. The Morgan fingerprint density at radius 1 is 1.09 bits per heavy atom. The number of benzene rings is 2. The Labute approximate surface area is 133 Å². The SMILES string of the molecule is CCOC(=O)C(=O)Nc1ccc(Oc2ccc(O)c(C)c2)cc1. The molecule has 0 aliphatic rings. The molecule has 2 N–H and O–H groups in total. The summed E-state index contributed by atoms with van der Waals surface area (Å²) in [5, 5.41) is 11.9. The van der Waals surface area contributed by atoms with Crippen LogP contribution in [0.3, 0.4) is 0 Å². The van der Waals surface area contributed by atoms with Crippen molar-refractivity contribution in [3.8, 4) is 17.2 Å². The average Bonchev–Trinajstić information content (AvgIpc) is 2.53. The second kappa shape index (κ2) is 7.31. The number of amides is 1. The van der Waals surface area contributed by atoms with E-state index in [-0.39, 0.29) is 12.4 Å². The molecule has 6 nitrogen and oxygen atoms in total. The predicted octanol–water partition coefficient (Wildman–Crippen LogP) is 2.99.